The van der Waals surface area contributed by atoms with Crippen LogP contribution in [-0.4, -0.2) is 56.8 Å². The van der Waals surface area contributed by atoms with Crippen molar-refractivity contribution in [1.29, 1.82) is 0 Å². The standard InChI is InChI=1S/C38H38Cl2FN3O7/c1-48-32-11-8-26(17-34(32)49-2)33(18-29-30(39)20-44(47)21-31(29)40)50-37(45)27-5-3-4-23(16-27)19-42-36(25-6-9-28(41)10-7-25)38(46)51-35-22-43-14-12-24(35)13-15-43/h3-11,16-17,20-21,24,33,35-36,42H,12-15,18-19,22H2,1-2H3/t33-,35-,36?/m0/s1. The number of nitrogens with zero attached hydrogens (tertiary/aromatic N) is 2. The van der Waals surface area contributed by atoms with E-state index in [1.165, 1.54) is 38.7 Å². The zero-order valence-corrected chi connectivity index (χ0v) is 29.7. The number of piperidine rings is 3. The number of methoxy groups -OCH3 is 2. The van der Waals surface area contributed by atoms with Crippen molar-refractivity contribution in [3.63, 3.8) is 0 Å². The van der Waals surface area contributed by atoms with Gasteiger partial charge >= 0.3 is 11.9 Å². The van der Waals surface area contributed by atoms with Crippen LogP contribution in [0.3, 0.4) is 0 Å². The van der Waals surface area contributed by atoms with Gasteiger partial charge in [0.1, 0.15) is 34.1 Å². The first-order valence-electron chi connectivity index (χ1n) is 16.6. The third-order valence-corrected chi connectivity index (χ3v) is 10.1. The molecule has 3 fully saturated rings. The normalized spacial score (nSPS) is 19.2. The molecule has 3 aliphatic rings. The summed E-state index contributed by atoms with van der Waals surface area (Å²) < 4.78 is 37.3. The largest absolute Gasteiger partial charge is 0.619 e. The van der Waals surface area contributed by atoms with Gasteiger partial charge in [0.2, 0.25) is 0 Å². The summed E-state index contributed by atoms with van der Waals surface area (Å²) in [5.41, 5.74) is 2.53. The first kappa shape index (κ1) is 36.4. The second kappa shape index (κ2) is 16.3. The molecule has 0 spiro atoms. The topological polar surface area (TPSA) is 113 Å². The molecule has 1 unspecified atom stereocenters. The van der Waals surface area contributed by atoms with Crippen molar-refractivity contribution < 1.29 is 37.7 Å². The molecule has 4 aromatic rings. The molecule has 7 rings (SSSR count). The number of ether oxygens (including phenoxy) is 4. The van der Waals surface area contributed by atoms with Crippen LogP contribution in [0.1, 0.15) is 57.6 Å². The molecule has 51 heavy (non-hydrogen) atoms. The Morgan fingerprint density at radius 1 is 0.961 bits per heavy atom. The lowest BCUT2D eigenvalue weighted by molar-refractivity contribution is -0.605. The molecule has 3 aromatic carbocycles. The first-order valence-corrected chi connectivity index (χ1v) is 17.4. The number of fused-ring (bicyclic) bond motifs is 3. The molecule has 4 heterocycles. The zero-order valence-electron chi connectivity index (χ0n) is 28.2. The number of carbonyl (C=O) groups is 2. The van der Waals surface area contributed by atoms with E-state index in [0.717, 1.165) is 25.9 Å². The number of carbonyl (C=O) groups excluding carboxylic acids is 2. The minimum atomic E-state index is -0.888. The Bertz CT molecular complexity index is 1850. The van der Waals surface area contributed by atoms with E-state index in [2.05, 4.69) is 10.2 Å². The summed E-state index contributed by atoms with van der Waals surface area (Å²) >= 11 is 12.8. The Morgan fingerprint density at radius 2 is 1.65 bits per heavy atom. The van der Waals surface area contributed by atoms with Gasteiger partial charge in [-0.15, -0.1) is 0 Å². The van der Waals surface area contributed by atoms with Crippen LogP contribution in [0.4, 0.5) is 4.39 Å². The van der Waals surface area contributed by atoms with E-state index in [1.807, 2.05) is 6.07 Å². The average molecular weight is 739 g/mol. The van der Waals surface area contributed by atoms with Gasteiger partial charge in [0.15, 0.2) is 23.9 Å². The Morgan fingerprint density at radius 3 is 2.29 bits per heavy atom. The fraction of sp³-hybridized carbons (Fsp3) is 0.342. The maximum Gasteiger partial charge on any atom is 0.338 e. The van der Waals surface area contributed by atoms with Crippen LogP contribution in [0.5, 0.6) is 11.5 Å². The molecule has 13 heteroatoms. The highest BCUT2D eigenvalue weighted by Gasteiger charge is 2.38. The van der Waals surface area contributed by atoms with Crippen molar-refractivity contribution in [1.82, 2.24) is 10.2 Å². The van der Waals surface area contributed by atoms with Crippen LogP contribution >= 0.6 is 23.2 Å². The Balaban J connectivity index is 1.21. The summed E-state index contributed by atoms with van der Waals surface area (Å²) in [6.07, 6.45) is 3.32. The van der Waals surface area contributed by atoms with Gasteiger partial charge in [0, 0.05) is 25.1 Å². The lowest BCUT2D eigenvalue weighted by Gasteiger charge is -2.44. The number of aromatic nitrogens is 1. The monoisotopic (exact) mass is 737 g/mol. The number of pyridine rings is 1. The van der Waals surface area contributed by atoms with Crippen molar-refractivity contribution in [3.05, 3.63) is 128 Å². The summed E-state index contributed by atoms with van der Waals surface area (Å²) in [4.78, 5) is 29.6. The van der Waals surface area contributed by atoms with Crippen molar-refractivity contribution >= 4 is 35.1 Å². The highest BCUT2D eigenvalue weighted by molar-refractivity contribution is 6.35. The Hall–Kier alpha value is -4.42. The molecule has 3 atom stereocenters. The molecule has 0 amide bonds. The summed E-state index contributed by atoms with van der Waals surface area (Å²) in [5, 5.41) is 15.4. The minimum Gasteiger partial charge on any atom is -0.619 e. The van der Waals surface area contributed by atoms with E-state index in [4.69, 9.17) is 42.1 Å². The number of hydrogen-bond donors (Lipinski definition) is 1. The van der Waals surface area contributed by atoms with E-state index >= 15 is 0 Å². The third kappa shape index (κ3) is 8.73. The van der Waals surface area contributed by atoms with E-state index in [-0.39, 0.29) is 34.7 Å². The van der Waals surface area contributed by atoms with E-state index in [0.29, 0.717) is 50.9 Å². The maximum absolute atomic E-state index is 13.8. The zero-order chi connectivity index (χ0) is 36.1. The second-order valence-corrected chi connectivity index (χ2v) is 13.5. The number of benzene rings is 3. The van der Waals surface area contributed by atoms with Gasteiger partial charge in [-0.05, 0) is 84.9 Å². The van der Waals surface area contributed by atoms with Crippen LogP contribution in [-0.2, 0) is 27.2 Å². The number of hydrogen-bond acceptors (Lipinski definition) is 9. The number of rotatable bonds is 13. The van der Waals surface area contributed by atoms with Crippen LogP contribution in [0.2, 0.25) is 10.0 Å². The molecular weight excluding hydrogens is 700 g/mol. The molecule has 0 aliphatic carbocycles. The smallest absolute Gasteiger partial charge is 0.338 e. The predicted molar refractivity (Wildman–Crippen MR) is 188 cm³/mol. The molecule has 10 nitrogen and oxygen atoms in total. The van der Waals surface area contributed by atoms with Crippen molar-refractivity contribution in [2.75, 3.05) is 33.9 Å². The molecule has 3 aliphatic heterocycles. The predicted octanol–water partition coefficient (Wildman–Crippen LogP) is 6.39. The van der Waals surface area contributed by atoms with Gasteiger partial charge in [-0.1, -0.05) is 53.5 Å². The van der Waals surface area contributed by atoms with Crippen LogP contribution in [0.15, 0.2) is 79.1 Å². The van der Waals surface area contributed by atoms with Crippen LogP contribution in [0.25, 0.3) is 0 Å². The molecule has 268 valence electrons. The van der Waals surface area contributed by atoms with Crippen molar-refractivity contribution in [2.45, 2.75) is 44.1 Å². The number of esters is 2. The molecule has 3 saturated heterocycles. The molecule has 2 bridgehead atoms. The lowest BCUT2D eigenvalue weighted by atomic mass is 9.86. The van der Waals surface area contributed by atoms with Gasteiger partial charge in [-0.3, -0.25) is 10.2 Å². The van der Waals surface area contributed by atoms with Gasteiger partial charge < -0.3 is 24.2 Å². The minimum absolute atomic E-state index is 0.0576. The summed E-state index contributed by atoms with van der Waals surface area (Å²) in [7, 11) is 3.01. The lowest BCUT2D eigenvalue weighted by Crippen LogP contribution is -2.52. The van der Waals surface area contributed by atoms with Gasteiger partial charge in [0.05, 0.1) is 19.8 Å². The quantitative estimate of drug-likeness (QED) is 0.0948. The van der Waals surface area contributed by atoms with Crippen molar-refractivity contribution in [3.8, 4) is 11.5 Å². The van der Waals surface area contributed by atoms with Gasteiger partial charge in [-0.2, -0.15) is 4.73 Å². The van der Waals surface area contributed by atoms with Crippen molar-refractivity contribution in [2.24, 2.45) is 5.92 Å². The van der Waals surface area contributed by atoms with E-state index in [9.17, 15) is 19.2 Å². The second-order valence-electron chi connectivity index (χ2n) is 12.7. The molecule has 1 N–H and O–H groups in total. The highest BCUT2D eigenvalue weighted by Crippen LogP contribution is 2.36. The highest BCUT2D eigenvalue weighted by atomic mass is 35.5. The molecule has 0 saturated carbocycles. The van der Waals surface area contributed by atoms with Gasteiger partial charge in [-0.25, -0.2) is 14.0 Å². The fourth-order valence-corrected chi connectivity index (χ4v) is 7.27. The summed E-state index contributed by atoms with van der Waals surface area (Å²) in [5.74, 6) is -0.234. The fourth-order valence-electron chi connectivity index (χ4n) is 6.67. The first-order chi connectivity index (χ1) is 24.6. The van der Waals surface area contributed by atoms with Crippen LogP contribution < -0.4 is 19.5 Å². The van der Waals surface area contributed by atoms with Gasteiger partial charge in [0.25, 0.3) is 0 Å². The number of nitrogens with one attached hydrogen (secondary N) is 1. The summed E-state index contributed by atoms with van der Waals surface area (Å²) in [6, 6.07) is 16.8. The Labute approximate surface area is 305 Å². The average Bonchev–Trinajstić information content (AvgIpc) is 3.13. The third-order valence-electron chi connectivity index (χ3n) is 9.45. The number of halogens is 3. The summed E-state index contributed by atoms with van der Waals surface area (Å²) in [6.45, 7) is 2.94. The van der Waals surface area contributed by atoms with E-state index < -0.39 is 29.9 Å². The van der Waals surface area contributed by atoms with E-state index in [1.54, 1.807) is 48.5 Å². The maximum atomic E-state index is 13.8. The Kier molecular flexibility index (Phi) is 11.6. The SMILES string of the molecule is COc1ccc([C@H](Cc2c(Cl)c[n+]([O-])cc2Cl)OC(=O)c2cccc(CNC(C(=O)O[C@H]3CN4CCC3CC4)c3ccc(F)cc3)c2)cc1OC. The molecule has 1 aromatic heterocycles. The molecular formula is C38H38Cl2FN3O7. The van der Waals surface area contributed by atoms with Crippen LogP contribution in [0, 0.1) is 16.9 Å². The molecule has 0 radical (unpaired) electrons.